The van der Waals surface area contributed by atoms with Crippen LogP contribution in [0.4, 0.5) is 5.00 Å². The highest BCUT2D eigenvalue weighted by Crippen LogP contribution is 2.44. The minimum Gasteiger partial charge on any atom is -0.269 e. The Morgan fingerprint density at radius 1 is 1.23 bits per heavy atom. The first-order valence-corrected chi connectivity index (χ1v) is 11.1. The van der Waals surface area contributed by atoms with Gasteiger partial charge in [-0.25, -0.2) is 8.42 Å². The average molecular weight is 389 g/mol. The number of rotatable bonds is 3. The molecule has 0 fully saturated rings. The second-order valence-electron chi connectivity index (χ2n) is 8.04. The van der Waals surface area contributed by atoms with Crippen molar-refractivity contribution < 1.29 is 8.42 Å². The Morgan fingerprint density at radius 2 is 1.88 bits per heavy atom. The molecule has 1 aromatic carbocycles. The molecule has 1 aromatic heterocycles. The maximum absolute atomic E-state index is 12.7. The summed E-state index contributed by atoms with van der Waals surface area (Å²) < 4.78 is 28.1. The molecule has 1 heterocycles. The van der Waals surface area contributed by atoms with E-state index in [0.717, 1.165) is 35.3 Å². The van der Waals surface area contributed by atoms with Crippen LogP contribution in [0.5, 0.6) is 0 Å². The Morgan fingerprint density at radius 3 is 2.46 bits per heavy atom. The summed E-state index contributed by atoms with van der Waals surface area (Å²) in [6, 6.07) is 8.95. The van der Waals surface area contributed by atoms with Crippen LogP contribution in [0.25, 0.3) is 0 Å². The van der Waals surface area contributed by atoms with Crippen LogP contribution < -0.4 is 4.72 Å². The zero-order valence-electron chi connectivity index (χ0n) is 15.6. The van der Waals surface area contributed by atoms with E-state index < -0.39 is 10.0 Å². The third-order valence-corrected chi connectivity index (χ3v) is 7.82. The fraction of sp³-hybridized carbons (Fsp3) is 0.450. The number of aryl methyl sites for hydroxylation is 1. The fourth-order valence-corrected chi connectivity index (χ4v) is 6.00. The van der Waals surface area contributed by atoms with E-state index in [1.807, 2.05) is 6.92 Å². The molecule has 0 unspecified atom stereocenters. The molecule has 0 bridgehead atoms. The Balaban J connectivity index is 1.94. The number of thiophene rings is 1. The molecule has 1 aliphatic rings. The van der Waals surface area contributed by atoms with Gasteiger partial charge in [-0.3, -0.25) is 4.72 Å². The van der Waals surface area contributed by atoms with Crippen molar-refractivity contribution in [2.45, 2.75) is 51.9 Å². The highest BCUT2D eigenvalue weighted by molar-refractivity contribution is 7.93. The normalized spacial score (nSPS) is 17.4. The number of hydrogen-bond acceptors (Lipinski definition) is 4. The summed E-state index contributed by atoms with van der Waals surface area (Å²) in [6.07, 6.45) is 2.78. The van der Waals surface area contributed by atoms with E-state index in [1.165, 1.54) is 11.3 Å². The van der Waals surface area contributed by atoms with Crippen molar-refractivity contribution in [3.8, 4) is 6.07 Å². The van der Waals surface area contributed by atoms with Crippen molar-refractivity contribution in [1.29, 1.82) is 5.26 Å². The quantitative estimate of drug-likeness (QED) is 0.814. The molecule has 2 aromatic rings. The molecular weight excluding hydrogens is 364 g/mol. The number of nitrogens with zero attached hydrogens (tertiary/aromatic N) is 1. The van der Waals surface area contributed by atoms with Crippen LogP contribution in [0.1, 0.15) is 48.8 Å². The van der Waals surface area contributed by atoms with E-state index in [0.29, 0.717) is 16.5 Å². The molecule has 4 nitrogen and oxygen atoms in total. The molecule has 1 N–H and O–H groups in total. The summed E-state index contributed by atoms with van der Waals surface area (Å²) in [4.78, 5) is 1.36. The molecule has 0 amide bonds. The Bertz CT molecular complexity index is 959. The monoisotopic (exact) mass is 388 g/mol. The third kappa shape index (κ3) is 3.65. The number of hydrogen-bond donors (Lipinski definition) is 1. The van der Waals surface area contributed by atoms with Crippen LogP contribution in [-0.4, -0.2) is 8.42 Å². The minimum atomic E-state index is -3.69. The van der Waals surface area contributed by atoms with Crippen LogP contribution in [0.3, 0.4) is 0 Å². The van der Waals surface area contributed by atoms with Crippen molar-refractivity contribution in [3.63, 3.8) is 0 Å². The van der Waals surface area contributed by atoms with Gasteiger partial charge in [0.2, 0.25) is 0 Å². The van der Waals surface area contributed by atoms with Crippen LogP contribution in [-0.2, 0) is 22.9 Å². The summed E-state index contributed by atoms with van der Waals surface area (Å²) >= 11 is 1.42. The second kappa shape index (κ2) is 6.71. The Labute approximate surface area is 159 Å². The topological polar surface area (TPSA) is 70.0 Å². The lowest BCUT2D eigenvalue weighted by atomic mass is 9.72. The van der Waals surface area contributed by atoms with Crippen molar-refractivity contribution in [2.75, 3.05) is 4.72 Å². The lowest BCUT2D eigenvalue weighted by molar-refractivity contribution is 0.218. The van der Waals surface area contributed by atoms with Gasteiger partial charge in [-0.2, -0.15) is 5.26 Å². The van der Waals surface area contributed by atoms with Gasteiger partial charge in [0.1, 0.15) is 11.1 Å². The number of nitrogens with one attached hydrogen (secondary N) is 1. The van der Waals surface area contributed by atoms with Crippen LogP contribution in [0, 0.1) is 29.6 Å². The predicted octanol–water partition coefficient (Wildman–Crippen LogP) is 4.88. The molecule has 26 heavy (non-hydrogen) atoms. The molecule has 0 radical (unpaired) electrons. The molecule has 138 valence electrons. The van der Waals surface area contributed by atoms with Crippen LogP contribution in [0.2, 0.25) is 0 Å². The van der Waals surface area contributed by atoms with Crippen molar-refractivity contribution in [1.82, 2.24) is 0 Å². The van der Waals surface area contributed by atoms with Gasteiger partial charge < -0.3 is 0 Å². The number of fused-ring (bicyclic) bond motifs is 1. The van der Waals surface area contributed by atoms with Gasteiger partial charge in [0.05, 0.1) is 10.5 Å². The lowest BCUT2D eigenvalue weighted by Crippen LogP contribution is -2.26. The summed E-state index contributed by atoms with van der Waals surface area (Å²) in [5.41, 5.74) is 2.73. The lowest BCUT2D eigenvalue weighted by Gasteiger charge is -2.33. The third-order valence-electron chi connectivity index (χ3n) is 5.16. The number of sulfonamides is 1. The van der Waals surface area contributed by atoms with Crippen molar-refractivity contribution >= 4 is 26.4 Å². The van der Waals surface area contributed by atoms with Gasteiger partial charge in [-0.15, -0.1) is 11.3 Å². The summed E-state index contributed by atoms with van der Waals surface area (Å²) in [5.74, 6) is 0.543. The molecule has 0 spiro atoms. The number of benzene rings is 1. The molecule has 3 rings (SSSR count). The first kappa shape index (κ1) is 18.9. The maximum atomic E-state index is 12.7. The van der Waals surface area contributed by atoms with E-state index in [-0.39, 0.29) is 10.3 Å². The minimum absolute atomic E-state index is 0.204. The second-order valence-corrected chi connectivity index (χ2v) is 10.8. The smallest absolute Gasteiger partial charge is 0.262 e. The predicted molar refractivity (Wildman–Crippen MR) is 106 cm³/mol. The molecule has 1 aliphatic carbocycles. The van der Waals surface area contributed by atoms with E-state index in [2.05, 4.69) is 31.6 Å². The van der Waals surface area contributed by atoms with E-state index >= 15 is 0 Å². The maximum Gasteiger partial charge on any atom is 0.262 e. The Kier molecular flexibility index (Phi) is 4.89. The molecule has 1 atom stereocenters. The van der Waals surface area contributed by atoms with Crippen molar-refractivity contribution in [2.24, 2.45) is 11.3 Å². The van der Waals surface area contributed by atoms with Gasteiger partial charge in [-0.05, 0) is 55.2 Å². The first-order valence-electron chi connectivity index (χ1n) is 8.76. The molecule has 0 saturated heterocycles. The van der Waals surface area contributed by atoms with Gasteiger partial charge in [0.15, 0.2) is 0 Å². The first-order chi connectivity index (χ1) is 12.1. The van der Waals surface area contributed by atoms with Crippen LogP contribution in [0.15, 0.2) is 29.2 Å². The molecular formula is C20H24N2O2S2. The summed E-state index contributed by atoms with van der Waals surface area (Å²) in [7, 11) is -3.69. The summed E-state index contributed by atoms with van der Waals surface area (Å²) in [6.45, 7) is 8.63. The Hall–Kier alpha value is -1.84. The standard InChI is InChI=1S/C20H24N2O2S2/c1-13-5-8-15(9-6-13)26(23,24)22-19-17(12-21)16-10-7-14(20(2,3)4)11-18(16)25-19/h5-6,8-9,14,22H,7,10-11H2,1-4H3/t14-/m0/s1. The summed E-state index contributed by atoms with van der Waals surface area (Å²) in [5, 5.41) is 10.1. The molecule has 0 saturated carbocycles. The molecule has 6 heteroatoms. The number of anilines is 1. The van der Waals surface area contributed by atoms with Gasteiger partial charge >= 0.3 is 0 Å². The fourth-order valence-electron chi connectivity index (χ4n) is 3.41. The zero-order chi connectivity index (χ0) is 19.1. The van der Waals surface area contributed by atoms with E-state index in [1.54, 1.807) is 24.3 Å². The van der Waals surface area contributed by atoms with E-state index in [9.17, 15) is 13.7 Å². The van der Waals surface area contributed by atoms with Gasteiger partial charge in [0, 0.05) is 4.88 Å². The van der Waals surface area contributed by atoms with Crippen LogP contribution >= 0.6 is 11.3 Å². The SMILES string of the molecule is Cc1ccc(S(=O)(=O)Nc2sc3c(c2C#N)CC[C@H](C(C)(C)C)C3)cc1. The van der Waals surface area contributed by atoms with Gasteiger partial charge in [-0.1, -0.05) is 38.5 Å². The van der Waals surface area contributed by atoms with Gasteiger partial charge in [0.25, 0.3) is 10.0 Å². The largest absolute Gasteiger partial charge is 0.269 e. The highest BCUT2D eigenvalue weighted by Gasteiger charge is 2.32. The zero-order valence-corrected chi connectivity index (χ0v) is 17.2. The molecule has 0 aliphatic heterocycles. The number of nitriles is 1. The van der Waals surface area contributed by atoms with Crippen molar-refractivity contribution in [3.05, 3.63) is 45.8 Å². The average Bonchev–Trinajstić information content (AvgIpc) is 2.89. The highest BCUT2D eigenvalue weighted by atomic mass is 32.2. The van der Waals surface area contributed by atoms with E-state index in [4.69, 9.17) is 0 Å².